The fourth-order valence-corrected chi connectivity index (χ4v) is 3.35. The van der Waals surface area contributed by atoms with Crippen LogP contribution in [0.1, 0.15) is 36.3 Å². The third-order valence-corrected chi connectivity index (χ3v) is 5.29. The molecule has 1 fully saturated rings. The average molecular weight is 478 g/mol. The van der Waals surface area contributed by atoms with Crippen LogP contribution in [-0.2, 0) is 11.4 Å². The van der Waals surface area contributed by atoms with E-state index >= 15 is 0 Å². The Labute approximate surface area is 184 Å². The van der Waals surface area contributed by atoms with Crippen molar-refractivity contribution in [1.29, 1.82) is 0 Å². The number of rotatable bonds is 6. The first-order valence-electron chi connectivity index (χ1n) is 9.25. The molecule has 152 valence electrons. The van der Waals surface area contributed by atoms with Gasteiger partial charge in [-0.1, -0.05) is 62.6 Å². The van der Waals surface area contributed by atoms with E-state index in [9.17, 15) is 0 Å². The van der Waals surface area contributed by atoms with Gasteiger partial charge in [-0.05, 0) is 43.1 Å². The molecule has 1 aliphatic heterocycles. The minimum Gasteiger partial charge on any atom is -0.391 e. The average Bonchev–Trinajstić information content (AvgIpc) is 3.41. The lowest BCUT2D eigenvalue weighted by Gasteiger charge is -2.04. The first kappa shape index (κ1) is 21.5. The molecular formula is C21H22BrClN4O2. The Kier molecular flexibility index (Phi) is 7.41. The van der Waals surface area contributed by atoms with Crippen molar-refractivity contribution in [3.63, 3.8) is 0 Å². The fourth-order valence-electron chi connectivity index (χ4n) is 3.08. The SMILES string of the molecule is CC(=NOCc1ccc(Br)cc1)c1ccc(-c2noc(C3CCNC3)n2)cc1.Cl. The fraction of sp³-hybridized carbons (Fsp3) is 0.286. The van der Waals surface area contributed by atoms with E-state index in [2.05, 4.69) is 36.5 Å². The molecule has 3 aromatic rings. The lowest BCUT2D eigenvalue weighted by molar-refractivity contribution is 0.130. The Morgan fingerprint density at radius 1 is 1.21 bits per heavy atom. The van der Waals surface area contributed by atoms with Crippen molar-refractivity contribution in [1.82, 2.24) is 15.5 Å². The van der Waals surface area contributed by atoms with Crippen LogP contribution in [0.15, 0.2) is 62.7 Å². The topological polar surface area (TPSA) is 72.5 Å². The molecule has 1 N–H and O–H groups in total. The summed E-state index contributed by atoms with van der Waals surface area (Å²) in [5.41, 5.74) is 3.80. The normalized spacial score (nSPS) is 16.5. The Hall–Kier alpha value is -2.22. The van der Waals surface area contributed by atoms with Gasteiger partial charge in [-0.15, -0.1) is 12.4 Å². The summed E-state index contributed by atoms with van der Waals surface area (Å²) in [5, 5.41) is 11.7. The van der Waals surface area contributed by atoms with Crippen molar-refractivity contribution in [3.8, 4) is 11.4 Å². The van der Waals surface area contributed by atoms with Crippen LogP contribution >= 0.6 is 28.3 Å². The minimum absolute atomic E-state index is 0. The number of halogens is 2. The van der Waals surface area contributed by atoms with Crippen LogP contribution in [-0.4, -0.2) is 28.9 Å². The molecule has 29 heavy (non-hydrogen) atoms. The Bertz CT molecular complexity index is 952. The molecule has 0 aliphatic carbocycles. The third-order valence-electron chi connectivity index (χ3n) is 4.76. The predicted molar refractivity (Wildman–Crippen MR) is 118 cm³/mol. The Morgan fingerprint density at radius 2 is 1.97 bits per heavy atom. The number of benzene rings is 2. The molecule has 1 unspecified atom stereocenters. The van der Waals surface area contributed by atoms with Gasteiger partial charge in [0, 0.05) is 16.6 Å². The van der Waals surface area contributed by atoms with E-state index in [0.717, 1.165) is 46.4 Å². The van der Waals surface area contributed by atoms with Gasteiger partial charge in [-0.25, -0.2) is 0 Å². The summed E-state index contributed by atoms with van der Waals surface area (Å²) in [6, 6.07) is 15.9. The molecule has 1 saturated heterocycles. The Balaban J connectivity index is 0.00000240. The van der Waals surface area contributed by atoms with Crippen molar-refractivity contribution in [2.24, 2.45) is 5.16 Å². The van der Waals surface area contributed by atoms with Crippen molar-refractivity contribution in [2.75, 3.05) is 13.1 Å². The summed E-state index contributed by atoms with van der Waals surface area (Å²) in [4.78, 5) is 10.0. The second kappa shape index (κ2) is 10.0. The molecule has 0 amide bonds. The zero-order valence-electron chi connectivity index (χ0n) is 16.0. The second-order valence-corrected chi connectivity index (χ2v) is 7.72. The molecule has 0 radical (unpaired) electrons. The lowest BCUT2D eigenvalue weighted by atomic mass is 10.1. The Morgan fingerprint density at radius 3 is 2.66 bits per heavy atom. The summed E-state index contributed by atoms with van der Waals surface area (Å²) in [5.74, 6) is 1.65. The molecule has 0 bridgehead atoms. The number of aromatic nitrogens is 2. The first-order valence-corrected chi connectivity index (χ1v) is 10.0. The summed E-state index contributed by atoms with van der Waals surface area (Å²) in [7, 11) is 0. The van der Waals surface area contributed by atoms with Gasteiger partial charge < -0.3 is 14.7 Å². The standard InChI is InChI=1S/C21H21BrN4O2.ClH/c1-14(25-27-13-15-2-8-19(22)9-3-15)16-4-6-17(7-5-16)20-24-21(28-26-20)18-10-11-23-12-18;/h2-9,18,23H,10-13H2,1H3;1H. The molecule has 6 nitrogen and oxygen atoms in total. The molecule has 0 spiro atoms. The molecule has 0 saturated carbocycles. The molecule has 2 aromatic carbocycles. The summed E-state index contributed by atoms with van der Waals surface area (Å²) >= 11 is 3.42. The van der Waals surface area contributed by atoms with Gasteiger partial charge in [0.05, 0.1) is 11.6 Å². The lowest BCUT2D eigenvalue weighted by Crippen LogP contribution is -2.08. The zero-order chi connectivity index (χ0) is 19.3. The smallest absolute Gasteiger partial charge is 0.231 e. The van der Waals surface area contributed by atoms with Crippen molar-refractivity contribution in [2.45, 2.75) is 25.9 Å². The van der Waals surface area contributed by atoms with Crippen molar-refractivity contribution >= 4 is 34.0 Å². The highest BCUT2D eigenvalue weighted by Gasteiger charge is 2.23. The maximum atomic E-state index is 5.48. The summed E-state index contributed by atoms with van der Waals surface area (Å²) in [6.07, 6.45) is 1.04. The van der Waals surface area contributed by atoms with E-state index in [4.69, 9.17) is 9.36 Å². The van der Waals surface area contributed by atoms with Crippen molar-refractivity contribution in [3.05, 3.63) is 70.0 Å². The molecule has 1 aromatic heterocycles. The first-order chi connectivity index (χ1) is 13.7. The van der Waals surface area contributed by atoms with Crippen LogP contribution < -0.4 is 5.32 Å². The summed E-state index contributed by atoms with van der Waals surface area (Å²) in [6.45, 7) is 4.26. The highest BCUT2D eigenvalue weighted by atomic mass is 79.9. The minimum atomic E-state index is 0. The van der Waals surface area contributed by atoms with Crippen molar-refractivity contribution < 1.29 is 9.36 Å². The molecule has 1 aliphatic rings. The van der Waals surface area contributed by atoms with E-state index in [1.807, 2.05) is 55.5 Å². The number of hydrogen-bond acceptors (Lipinski definition) is 6. The molecule has 2 heterocycles. The van der Waals surface area contributed by atoms with Gasteiger partial charge >= 0.3 is 0 Å². The van der Waals surface area contributed by atoms with E-state index in [1.165, 1.54) is 0 Å². The number of hydrogen-bond donors (Lipinski definition) is 1. The molecular weight excluding hydrogens is 456 g/mol. The molecule has 4 rings (SSSR count). The van der Waals surface area contributed by atoms with E-state index in [1.54, 1.807) is 0 Å². The zero-order valence-corrected chi connectivity index (χ0v) is 18.4. The number of oxime groups is 1. The maximum Gasteiger partial charge on any atom is 0.231 e. The molecule has 1 atom stereocenters. The van der Waals surface area contributed by atoms with Gasteiger partial charge in [-0.2, -0.15) is 4.98 Å². The van der Waals surface area contributed by atoms with Gasteiger partial charge in [0.15, 0.2) is 0 Å². The van der Waals surface area contributed by atoms with Gasteiger partial charge in [0.2, 0.25) is 11.7 Å². The maximum absolute atomic E-state index is 5.48. The second-order valence-electron chi connectivity index (χ2n) is 6.80. The number of nitrogens with one attached hydrogen (secondary N) is 1. The highest BCUT2D eigenvalue weighted by molar-refractivity contribution is 9.10. The quantitative estimate of drug-likeness (QED) is 0.402. The predicted octanol–water partition coefficient (Wildman–Crippen LogP) is 4.94. The number of nitrogens with zero attached hydrogens (tertiary/aromatic N) is 3. The van der Waals surface area contributed by atoms with Crippen LogP contribution in [0, 0.1) is 0 Å². The van der Waals surface area contributed by atoms with Gasteiger partial charge in [0.25, 0.3) is 0 Å². The van der Waals surface area contributed by atoms with Crippen LogP contribution in [0.25, 0.3) is 11.4 Å². The molecule has 8 heteroatoms. The van der Waals surface area contributed by atoms with Crippen LogP contribution in [0.5, 0.6) is 0 Å². The van der Waals surface area contributed by atoms with Gasteiger partial charge in [-0.3, -0.25) is 0 Å². The van der Waals surface area contributed by atoms with Gasteiger partial charge in [0.1, 0.15) is 6.61 Å². The van der Waals surface area contributed by atoms with Crippen LogP contribution in [0.2, 0.25) is 0 Å². The van der Waals surface area contributed by atoms with E-state index < -0.39 is 0 Å². The van der Waals surface area contributed by atoms with Crippen LogP contribution in [0.3, 0.4) is 0 Å². The monoisotopic (exact) mass is 476 g/mol. The van der Waals surface area contributed by atoms with E-state index in [-0.39, 0.29) is 12.4 Å². The third kappa shape index (κ3) is 5.44. The van der Waals surface area contributed by atoms with Crippen LogP contribution in [0.4, 0.5) is 0 Å². The summed E-state index contributed by atoms with van der Waals surface area (Å²) < 4.78 is 6.48. The highest BCUT2D eigenvalue weighted by Crippen LogP contribution is 2.24. The van der Waals surface area contributed by atoms with E-state index in [0.29, 0.717) is 24.2 Å². The largest absolute Gasteiger partial charge is 0.391 e.